The topological polar surface area (TPSA) is 36.4 Å². The summed E-state index contributed by atoms with van der Waals surface area (Å²) in [5, 5.41) is 0. The Morgan fingerprint density at radius 2 is 1.96 bits per heavy atom. The highest BCUT2D eigenvalue weighted by molar-refractivity contribution is 6.06. The van der Waals surface area contributed by atoms with Crippen LogP contribution in [-0.4, -0.2) is 24.0 Å². The van der Waals surface area contributed by atoms with Crippen molar-refractivity contribution in [1.82, 2.24) is 4.98 Å². The third-order valence-electron chi connectivity index (χ3n) is 5.04. The van der Waals surface area contributed by atoms with Crippen molar-refractivity contribution in [2.45, 2.75) is 20.3 Å². The van der Waals surface area contributed by atoms with Crippen LogP contribution in [0.5, 0.6) is 0 Å². The molecule has 27 heavy (non-hydrogen) atoms. The number of aryl methyl sites for hydroxylation is 1. The number of hydrogen-bond donors (Lipinski definition) is 0. The van der Waals surface area contributed by atoms with Crippen LogP contribution < -0.4 is 9.80 Å². The Labute approximate surface area is 160 Å². The second-order valence-electron chi connectivity index (χ2n) is 6.85. The second kappa shape index (κ2) is 7.23. The lowest BCUT2D eigenvalue weighted by atomic mass is 10.1. The number of para-hydroxylation sites is 1. The van der Waals surface area contributed by atoms with Crippen LogP contribution in [0.4, 0.5) is 17.1 Å². The van der Waals surface area contributed by atoms with Crippen molar-refractivity contribution in [3.8, 4) is 0 Å². The average molecular weight is 357 g/mol. The van der Waals surface area contributed by atoms with Crippen molar-refractivity contribution >= 4 is 23.0 Å². The van der Waals surface area contributed by atoms with Gasteiger partial charge in [-0.15, -0.1) is 0 Å². The Hall–Kier alpha value is -3.14. The summed E-state index contributed by atoms with van der Waals surface area (Å²) in [5.41, 5.74) is 6.17. The van der Waals surface area contributed by atoms with Gasteiger partial charge in [-0.05, 0) is 55.7 Å². The molecule has 1 aromatic heterocycles. The third-order valence-corrected chi connectivity index (χ3v) is 5.04. The molecule has 0 atom stereocenters. The number of nitrogens with zero attached hydrogens (tertiary/aromatic N) is 3. The van der Waals surface area contributed by atoms with E-state index in [-0.39, 0.29) is 5.91 Å². The van der Waals surface area contributed by atoms with Crippen molar-refractivity contribution in [2.75, 3.05) is 22.9 Å². The fourth-order valence-electron chi connectivity index (χ4n) is 3.69. The molecule has 2 aromatic carbocycles. The number of carbonyl (C=O) groups excluding carboxylic acids is 1. The van der Waals surface area contributed by atoms with E-state index in [0.29, 0.717) is 12.1 Å². The average Bonchev–Trinajstić information content (AvgIpc) is 3.13. The molecule has 0 radical (unpaired) electrons. The molecule has 0 saturated carbocycles. The fraction of sp³-hybridized carbons (Fsp3) is 0.217. The number of pyridine rings is 1. The van der Waals surface area contributed by atoms with Gasteiger partial charge in [0.25, 0.3) is 5.91 Å². The molecule has 0 aliphatic carbocycles. The number of carbonyl (C=O) groups is 1. The molecule has 0 fully saturated rings. The standard InChI is InChI=1S/C23H23N3O/c1-3-25(20-9-6-7-17(2)13-20)23(27)19-14-21(16-24-15-19)26-12-11-18-8-4-5-10-22(18)26/h4-10,13-16H,3,11-12H2,1-2H3. The highest BCUT2D eigenvalue weighted by atomic mass is 16.2. The zero-order chi connectivity index (χ0) is 18.8. The van der Waals surface area contributed by atoms with Crippen LogP contribution in [0.15, 0.2) is 67.0 Å². The number of anilines is 3. The molecule has 1 amide bonds. The molecule has 0 unspecified atom stereocenters. The zero-order valence-electron chi connectivity index (χ0n) is 15.7. The molecule has 2 heterocycles. The molecule has 1 aliphatic heterocycles. The van der Waals surface area contributed by atoms with Gasteiger partial charge in [-0.25, -0.2) is 0 Å². The van der Waals surface area contributed by atoms with E-state index in [1.54, 1.807) is 11.1 Å². The van der Waals surface area contributed by atoms with Crippen molar-refractivity contribution in [1.29, 1.82) is 0 Å². The first-order valence-corrected chi connectivity index (χ1v) is 9.36. The number of fused-ring (bicyclic) bond motifs is 1. The second-order valence-corrected chi connectivity index (χ2v) is 6.85. The van der Waals surface area contributed by atoms with Gasteiger partial charge in [0.05, 0.1) is 17.4 Å². The van der Waals surface area contributed by atoms with Gasteiger partial charge in [-0.1, -0.05) is 30.3 Å². The van der Waals surface area contributed by atoms with E-state index in [4.69, 9.17) is 0 Å². The van der Waals surface area contributed by atoms with Crippen LogP contribution in [0.3, 0.4) is 0 Å². The van der Waals surface area contributed by atoms with E-state index in [2.05, 4.69) is 34.1 Å². The molecule has 4 rings (SSSR count). The smallest absolute Gasteiger partial charge is 0.259 e. The van der Waals surface area contributed by atoms with Gasteiger partial charge in [-0.2, -0.15) is 0 Å². The molecular weight excluding hydrogens is 334 g/mol. The Kier molecular flexibility index (Phi) is 4.63. The predicted octanol–water partition coefficient (Wildman–Crippen LogP) is 4.75. The minimum absolute atomic E-state index is 0.0232. The zero-order valence-corrected chi connectivity index (χ0v) is 15.7. The number of hydrogen-bond acceptors (Lipinski definition) is 3. The monoisotopic (exact) mass is 357 g/mol. The third kappa shape index (κ3) is 3.31. The van der Waals surface area contributed by atoms with Crippen molar-refractivity contribution in [3.63, 3.8) is 0 Å². The van der Waals surface area contributed by atoms with Gasteiger partial charge in [0.2, 0.25) is 0 Å². The summed E-state index contributed by atoms with van der Waals surface area (Å²) in [7, 11) is 0. The molecule has 0 spiro atoms. The molecular formula is C23H23N3O. The SMILES string of the molecule is CCN(C(=O)c1cncc(N2CCc3ccccc32)c1)c1cccc(C)c1. The van der Waals surface area contributed by atoms with Crippen LogP contribution in [0.25, 0.3) is 0 Å². The van der Waals surface area contributed by atoms with Gasteiger partial charge in [0.1, 0.15) is 0 Å². The summed E-state index contributed by atoms with van der Waals surface area (Å²) >= 11 is 0. The highest BCUT2D eigenvalue weighted by Crippen LogP contribution is 2.34. The maximum Gasteiger partial charge on any atom is 0.259 e. The first-order chi connectivity index (χ1) is 13.2. The normalized spacial score (nSPS) is 12.7. The predicted molar refractivity (Wildman–Crippen MR) is 110 cm³/mol. The van der Waals surface area contributed by atoms with Gasteiger partial charge in [0, 0.05) is 30.7 Å². The van der Waals surface area contributed by atoms with E-state index in [0.717, 1.165) is 29.9 Å². The van der Waals surface area contributed by atoms with Gasteiger partial charge in [-0.3, -0.25) is 9.78 Å². The largest absolute Gasteiger partial charge is 0.340 e. The number of aromatic nitrogens is 1. The van der Waals surface area contributed by atoms with E-state index in [1.165, 1.54) is 11.3 Å². The number of rotatable bonds is 4. The molecule has 3 aromatic rings. The highest BCUT2D eigenvalue weighted by Gasteiger charge is 2.22. The van der Waals surface area contributed by atoms with Crippen molar-refractivity contribution in [3.05, 3.63) is 83.7 Å². The summed E-state index contributed by atoms with van der Waals surface area (Å²) in [6.45, 7) is 5.55. The first-order valence-electron chi connectivity index (χ1n) is 9.36. The molecule has 0 bridgehead atoms. The molecule has 0 N–H and O–H groups in total. The van der Waals surface area contributed by atoms with Gasteiger partial charge in [0.15, 0.2) is 0 Å². The number of benzene rings is 2. The van der Waals surface area contributed by atoms with E-state index in [9.17, 15) is 4.79 Å². The Morgan fingerprint density at radius 3 is 2.78 bits per heavy atom. The minimum Gasteiger partial charge on any atom is -0.340 e. The van der Waals surface area contributed by atoms with E-state index in [1.807, 2.05) is 50.4 Å². The van der Waals surface area contributed by atoms with Crippen molar-refractivity contribution in [2.24, 2.45) is 0 Å². The molecule has 136 valence electrons. The van der Waals surface area contributed by atoms with Gasteiger partial charge < -0.3 is 9.80 Å². The van der Waals surface area contributed by atoms with Crippen LogP contribution >= 0.6 is 0 Å². The molecule has 4 nitrogen and oxygen atoms in total. The lowest BCUT2D eigenvalue weighted by Gasteiger charge is -2.23. The van der Waals surface area contributed by atoms with Crippen LogP contribution in [-0.2, 0) is 6.42 Å². The summed E-state index contributed by atoms with van der Waals surface area (Å²) in [4.78, 5) is 21.6. The van der Waals surface area contributed by atoms with Crippen LogP contribution in [0, 0.1) is 6.92 Å². The van der Waals surface area contributed by atoms with E-state index < -0.39 is 0 Å². The summed E-state index contributed by atoms with van der Waals surface area (Å²) in [6.07, 6.45) is 4.51. The lowest BCUT2D eigenvalue weighted by molar-refractivity contribution is 0.0988. The van der Waals surface area contributed by atoms with Gasteiger partial charge >= 0.3 is 0 Å². The van der Waals surface area contributed by atoms with Crippen LogP contribution in [0.1, 0.15) is 28.4 Å². The molecule has 0 saturated heterocycles. The Morgan fingerprint density at radius 1 is 1.11 bits per heavy atom. The minimum atomic E-state index is -0.0232. The maximum absolute atomic E-state index is 13.2. The number of amides is 1. The maximum atomic E-state index is 13.2. The quantitative estimate of drug-likeness (QED) is 0.676. The molecule has 1 aliphatic rings. The summed E-state index contributed by atoms with van der Waals surface area (Å²) < 4.78 is 0. The first kappa shape index (κ1) is 17.3. The fourth-order valence-corrected chi connectivity index (χ4v) is 3.69. The lowest BCUT2D eigenvalue weighted by Crippen LogP contribution is -2.31. The van der Waals surface area contributed by atoms with Crippen LogP contribution in [0.2, 0.25) is 0 Å². The Bertz CT molecular complexity index is 983. The summed E-state index contributed by atoms with van der Waals surface area (Å²) in [6, 6.07) is 18.4. The Balaban J connectivity index is 1.65. The van der Waals surface area contributed by atoms with Crippen molar-refractivity contribution < 1.29 is 4.79 Å². The summed E-state index contributed by atoms with van der Waals surface area (Å²) in [5.74, 6) is -0.0232. The molecule has 4 heteroatoms. The van der Waals surface area contributed by atoms with E-state index >= 15 is 0 Å².